The van der Waals surface area contributed by atoms with Crippen LogP contribution in [0.15, 0.2) is 6.07 Å². The zero-order chi connectivity index (χ0) is 13.7. The molecule has 0 aromatic carbocycles. The van der Waals surface area contributed by atoms with Crippen LogP contribution in [0, 0.1) is 0 Å². The van der Waals surface area contributed by atoms with Gasteiger partial charge >= 0.3 is 0 Å². The maximum Gasteiger partial charge on any atom is 0.232 e. The highest BCUT2D eigenvalue weighted by molar-refractivity contribution is 5.38. The molecule has 2 rings (SSSR count). The molecule has 0 bridgehead atoms. The first-order chi connectivity index (χ1) is 9.28. The van der Waals surface area contributed by atoms with E-state index in [1.807, 2.05) is 7.05 Å². The first-order valence-corrected chi connectivity index (χ1v) is 6.66. The van der Waals surface area contributed by atoms with Crippen LogP contribution >= 0.6 is 0 Å². The maximum absolute atomic E-state index is 5.21. The second kappa shape index (κ2) is 6.56. The van der Waals surface area contributed by atoms with Gasteiger partial charge in [0.25, 0.3) is 0 Å². The Kier molecular flexibility index (Phi) is 4.79. The third kappa shape index (κ3) is 3.26. The van der Waals surface area contributed by atoms with Gasteiger partial charge in [0.1, 0.15) is 0 Å². The zero-order valence-corrected chi connectivity index (χ0v) is 11.8. The summed E-state index contributed by atoms with van der Waals surface area (Å²) in [7, 11) is 5.18. The summed E-state index contributed by atoms with van der Waals surface area (Å²) in [6.45, 7) is 1.91. The van der Waals surface area contributed by atoms with Gasteiger partial charge in [0.2, 0.25) is 17.7 Å². The second-order valence-electron chi connectivity index (χ2n) is 4.65. The third-order valence-corrected chi connectivity index (χ3v) is 3.41. The quantitative estimate of drug-likeness (QED) is 0.860. The van der Waals surface area contributed by atoms with Gasteiger partial charge in [-0.05, 0) is 26.3 Å². The molecule has 0 radical (unpaired) electrons. The van der Waals surface area contributed by atoms with Crippen LogP contribution in [0.4, 0.5) is 5.95 Å². The van der Waals surface area contributed by atoms with E-state index >= 15 is 0 Å². The number of methoxy groups -OCH3 is 2. The number of likely N-dealkylation sites (N-methyl/N-ethyl adjacent to an activating group) is 1. The average Bonchev–Trinajstić information content (AvgIpc) is 2.47. The van der Waals surface area contributed by atoms with E-state index in [-0.39, 0.29) is 0 Å². The molecule has 19 heavy (non-hydrogen) atoms. The van der Waals surface area contributed by atoms with Crippen LogP contribution in [0.3, 0.4) is 0 Å². The lowest BCUT2D eigenvalue weighted by atomic mass is 10.0. The van der Waals surface area contributed by atoms with E-state index in [2.05, 4.69) is 20.2 Å². The number of hydrogen-bond acceptors (Lipinski definition) is 6. The normalized spacial score (nSPS) is 19.3. The highest BCUT2D eigenvalue weighted by Crippen LogP contribution is 2.25. The molecular formula is C13H22N4O2. The minimum atomic E-state index is 0.426. The van der Waals surface area contributed by atoms with Crippen molar-refractivity contribution in [2.45, 2.75) is 25.3 Å². The lowest BCUT2D eigenvalue weighted by molar-refractivity contribution is 0.367. The molecule has 1 atom stereocenters. The molecule has 106 valence electrons. The van der Waals surface area contributed by atoms with Gasteiger partial charge in [-0.15, -0.1) is 0 Å². The van der Waals surface area contributed by atoms with Gasteiger partial charge < -0.3 is 19.7 Å². The Hall–Kier alpha value is -1.56. The monoisotopic (exact) mass is 266 g/mol. The summed E-state index contributed by atoms with van der Waals surface area (Å²) in [5.41, 5.74) is 0. The number of hydrogen-bond donors (Lipinski definition) is 1. The Bertz CT molecular complexity index is 389. The Morgan fingerprint density at radius 2 is 1.95 bits per heavy atom. The van der Waals surface area contributed by atoms with E-state index < -0.39 is 0 Å². The summed E-state index contributed by atoms with van der Waals surface area (Å²) in [6, 6.07) is 2.12. The van der Waals surface area contributed by atoms with Crippen molar-refractivity contribution in [1.82, 2.24) is 15.3 Å². The van der Waals surface area contributed by atoms with Gasteiger partial charge in [-0.25, -0.2) is 0 Å². The smallest absolute Gasteiger partial charge is 0.232 e. The fraction of sp³-hybridized carbons (Fsp3) is 0.692. The summed E-state index contributed by atoms with van der Waals surface area (Å²) in [5.74, 6) is 1.77. The number of nitrogens with one attached hydrogen (secondary N) is 1. The van der Waals surface area contributed by atoms with Crippen LogP contribution in [0.1, 0.15) is 19.3 Å². The predicted molar refractivity (Wildman–Crippen MR) is 74.0 cm³/mol. The fourth-order valence-electron chi connectivity index (χ4n) is 2.44. The highest BCUT2D eigenvalue weighted by atomic mass is 16.5. The minimum absolute atomic E-state index is 0.426. The lowest BCUT2D eigenvalue weighted by Gasteiger charge is -2.35. The Morgan fingerprint density at radius 1 is 1.26 bits per heavy atom. The van der Waals surface area contributed by atoms with Crippen LogP contribution in [-0.4, -0.2) is 50.4 Å². The fourth-order valence-corrected chi connectivity index (χ4v) is 2.44. The van der Waals surface area contributed by atoms with Gasteiger partial charge in [0.05, 0.1) is 20.3 Å². The van der Waals surface area contributed by atoms with Gasteiger partial charge in [-0.3, -0.25) is 0 Å². The molecular weight excluding hydrogens is 244 g/mol. The summed E-state index contributed by atoms with van der Waals surface area (Å²) >= 11 is 0. The molecule has 1 fully saturated rings. The van der Waals surface area contributed by atoms with Crippen LogP contribution in [0.2, 0.25) is 0 Å². The van der Waals surface area contributed by atoms with Crippen molar-refractivity contribution in [2.24, 2.45) is 0 Å². The molecule has 0 amide bonds. The highest BCUT2D eigenvalue weighted by Gasteiger charge is 2.25. The molecule has 0 spiro atoms. The zero-order valence-electron chi connectivity index (χ0n) is 11.8. The predicted octanol–water partition coefficient (Wildman–Crippen LogP) is 1.07. The largest absolute Gasteiger partial charge is 0.481 e. The van der Waals surface area contributed by atoms with Gasteiger partial charge in [0, 0.05) is 19.1 Å². The first kappa shape index (κ1) is 13.9. The summed E-state index contributed by atoms with van der Waals surface area (Å²) in [4.78, 5) is 11.1. The van der Waals surface area contributed by atoms with Gasteiger partial charge in [0.15, 0.2) is 0 Å². The van der Waals surface area contributed by atoms with E-state index in [0.29, 0.717) is 23.8 Å². The Balaban J connectivity index is 2.26. The van der Waals surface area contributed by atoms with Crippen molar-refractivity contribution in [3.8, 4) is 11.8 Å². The molecule has 1 aliphatic rings. The molecule has 6 nitrogen and oxygen atoms in total. The topological polar surface area (TPSA) is 59.5 Å². The van der Waals surface area contributed by atoms with E-state index in [1.54, 1.807) is 20.3 Å². The van der Waals surface area contributed by atoms with Crippen molar-refractivity contribution in [3.05, 3.63) is 6.07 Å². The molecule has 2 heterocycles. The lowest BCUT2D eigenvalue weighted by Crippen LogP contribution is -2.45. The van der Waals surface area contributed by atoms with E-state index in [1.165, 1.54) is 12.8 Å². The van der Waals surface area contributed by atoms with Crippen molar-refractivity contribution < 1.29 is 9.47 Å². The minimum Gasteiger partial charge on any atom is -0.481 e. The second-order valence-corrected chi connectivity index (χ2v) is 4.65. The molecule has 1 aromatic rings. The number of nitrogens with zero attached hydrogens (tertiary/aromatic N) is 3. The number of rotatable bonds is 5. The Labute approximate surface area is 114 Å². The SMILES string of the molecule is CNCC1CCCCN1c1nc(OC)cc(OC)n1. The summed E-state index contributed by atoms with van der Waals surface area (Å²) in [6.07, 6.45) is 3.58. The number of aromatic nitrogens is 2. The van der Waals surface area contributed by atoms with Crippen molar-refractivity contribution in [1.29, 1.82) is 0 Å². The van der Waals surface area contributed by atoms with Crippen LogP contribution in [-0.2, 0) is 0 Å². The van der Waals surface area contributed by atoms with Gasteiger partial charge in [-0.1, -0.05) is 0 Å². The third-order valence-electron chi connectivity index (χ3n) is 3.41. The number of anilines is 1. The Morgan fingerprint density at radius 3 is 2.53 bits per heavy atom. The molecule has 1 aliphatic heterocycles. The number of ether oxygens (including phenoxy) is 2. The van der Waals surface area contributed by atoms with Crippen LogP contribution < -0.4 is 19.7 Å². The average molecular weight is 266 g/mol. The molecule has 1 N–H and O–H groups in total. The van der Waals surface area contributed by atoms with Gasteiger partial charge in [-0.2, -0.15) is 9.97 Å². The van der Waals surface area contributed by atoms with Crippen molar-refractivity contribution in [3.63, 3.8) is 0 Å². The molecule has 1 saturated heterocycles. The number of piperidine rings is 1. The van der Waals surface area contributed by atoms with E-state index in [9.17, 15) is 0 Å². The standard InChI is InChI=1S/C13H22N4O2/c1-14-9-10-6-4-5-7-17(10)13-15-11(18-2)8-12(16-13)19-3/h8,10,14H,4-7,9H2,1-3H3. The van der Waals surface area contributed by atoms with E-state index in [4.69, 9.17) is 9.47 Å². The molecule has 6 heteroatoms. The first-order valence-electron chi connectivity index (χ1n) is 6.66. The van der Waals surface area contributed by atoms with Crippen molar-refractivity contribution in [2.75, 3.05) is 39.3 Å². The van der Waals surface area contributed by atoms with E-state index in [0.717, 1.165) is 19.5 Å². The van der Waals surface area contributed by atoms with Crippen molar-refractivity contribution >= 4 is 5.95 Å². The molecule has 0 saturated carbocycles. The van der Waals surface area contributed by atoms with Crippen LogP contribution in [0.5, 0.6) is 11.8 Å². The summed E-state index contributed by atoms with van der Waals surface area (Å²) < 4.78 is 10.4. The maximum atomic E-state index is 5.21. The molecule has 1 aromatic heterocycles. The molecule has 1 unspecified atom stereocenters. The van der Waals surface area contributed by atoms with Crippen LogP contribution in [0.25, 0.3) is 0 Å². The summed E-state index contributed by atoms with van der Waals surface area (Å²) in [5, 5.41) is 3.23. The molecule has 0 aliphatic carbocycles.